The topological polar surface area (TPSA) is 38.0 Å². The van der Waals surface area contributed by atoms with Gasteiger partial charge < -0.3 is 0 Å². The molecular weight excluding hydrogens is 251 g/mol. The largest absolute Gasteiger partial charge is 0.271 e. The molecule has 0 saturated heterocycles. The van der Waals surface area contributed by atoms with Gasteiger partial charge in [0.05, 0.1) is 5.02 Å². The lowest BCUT2D eigenvalue weighted by Gasteiger charge is -2.17. The van der Waals surface area contributed by atoms with Crippen LogP contribution >= 0.6 is 11.6 Å². The molecule has 0 spiro atoms. The number of hydrogen-bond acceptors (Lipinski definition) is 2. The van der Waals surface area contributed by atoms with Crippen molar-refractivity contribution >= 4 is 11.6 Å². The van der Waals surface area contributed by atoms with E-state index in [2.05, 4.69) is 19.3 Å². The van der Waals surface area contributed by atoms with Crippen LogP contribution in [0, 0.1) is 11.7 Å². The fourth-order valence-electron chi connectivity index (χ4n) is 1.99. The lowest BCUT2D eigenvalue weighted by molar-refractivity contribution is 0.436. The van der Waals surface area contributed by atoms with Gasteiger partial charge in [0, 0.05) is 6.04 Å². The lowest BCUT2D eigenvalue weighted by atomic mass is 9.98. The van der Waals surface area contributed by atoms with Gasteiger partial charge in [0.2, 0.25) is 0 Å². The summed E-state index contributed by atoms with van der Waals surface area (Å²) in [6.07, 6.45) is 3.77. The zero-order valence-corrected chi connectivity index (χ0v) is 11.8. The van der Waals surface area contributed by atoms with E-state index in [0.29, 0.717) is 17.9 Å². The smallest absolute Gasteiger partial charge is 0.145 e. The van der Waals surface area contributed by atoms with Gasteiger partial charge in [-0.05, 0) is 30.4 Å². The van der Waals surface area contributed by atoms with Crippen molar-refractivity contribution in [3.8, 4) is 0 Å². The number of hydrazine groups is 1. The Morgan fingerprint density at radius 3 is 2.67 bits per heavy atom. The van der Waals surface area contributed by atoms with Crippen LogP contribution in [0.2, 0.25) is 5.02 Å². The van der Waals surface area contributed by atoms with E-state index >= 15 is 0 Å². The van der Waals surface area contributed by atoms with Gasteiger partial charge in [-0.25, -0.2) is 4.39 Å². The van der Waals surface area contributed by atoms with Crippen molar-refractivity contribution in [2.45, 2.75) is 45.6 Å². The maximum Gasteiger partial charge on any atom is 0.145 e. The maximum absolute atomic E-state index is 13.7. The Balaban J connectivity index is 2.54. The first-order chi connectivity index (χ1) is 8.54. The normalized spacial score (nSPS) is 13.0. The molecule has 0 aromatic heterocycles. The molecule has 3 N–H and O–H groups in total. The van der Waals surface area contributed by atoms with Crippen molar-refractivity contribution < 1.29 is 4.39 Å². The van der Waals surface area contributed by atoms with Gasteiger partial charge in [-0.1, -0.05) is 50.4 Å². The number of nitrogens with one attached hydrogen (secondary N) is 1. The second kappa shape index (κ2) is 7.72. The van der Waals surface area contributed by atoms with Gasteiger partial charge in [0.15, 0.2) is 0 Å². The molecule has 0 saturated carbocycles. The highest BCUT2D eigenvalue weighted by Crippen LogP contribution is 2.20. The number of halogens is 2. The Morgan fingerprint density at radius 2 is 2.06 bits per heavy atom. The first-order valence-electron chi connectivity index (χ1n) is 6.43. The minimum Gasteiger partial charge on any atom is -0.271 e. The highest BCUT2D eigenvalue weighted by Gasteiger charge is 2.12. The van der Waals surface area contributed by atoms with Gasteiger partial charge in [-0.15, -0.1) is 0 Å². The molecule has 0 radical (unpaired) electrons. The quantitative estimate of drug-likeness (QED) is 0.587. The van der Waals surface area contributed by atoms with Crippen molar-refractivity contribution in [1.82, 2.24) is 5.43 Å². The number of nitrogens with two attached hydrogens (primary N) is 1. The van der Waals surface area contributed by atoms with Crippen molar-refractivity contribution in [1.29, 1.82) is 0 Å². The summed E-state index contributed by atoms with van der Waals surface area (Å²) in [5.41, 5.74) is 3.38. The molecular formula is C14H22ClFN2. The highest BCUT2D eigenvalue weighted by molar-refractivity contribution is 6.30. The Labute approximate surface area is 114 Å². The first kappa shape index (κ1) is 15.4. The number of benzene rings is 1. The molecule has 18 heavy (non-hydrogen) atoms. The van der Waals surface area contributed by atoms with E-state index in [4.69, 9.17) is 17.4 Å². The molecule has 1 rings (SSSR count). The SMILES string of the molecule is CC(C)CCCC(Cc1cccc(Cl)c1F)NN. The molecule has 0 aliphatic rings. The third-order valence-electron chi connectivity index (χ3n) is 3.07. The van der Waals surface area contributed by atoms with Crippen molar-refractivity contribution in [3.05, 3.63) is 34.6 Å². The second-order valence-corrected chi connectivity index (χ2v) is 5.51. The fraction of sp³-hybridized carbons (Fsp3) is 0.571. The van der Waals surface area contributed by atoms with E-state index in [0.717, 1.165) is 19.3 Å². The predicted molar refractivity (Wildman–Crippen MR) is 74.9 cm³/mol. The van der Waals surface area contributed by atoms with E-state index in [1.165, 1.54) is 0 Å². The summed E-state index contributed by atoms with van der Waals surface area (Å²) in [6.45, 7) is 4.39. The minimum absolute atomic E-state index is 0.0942. The van der Waals surface area contributed by atoms with E-state index in [-0.39, 0.29) is 16.9 Å². The fourth-order valence-corrected chi connectivity index (χ4v) is 2.18. The summed E-state index contributed by atoms with van der Waals surface area (Å²) < 4.78 is 13.7. The summed E-state index contributed by atoms with van der Waals surface area (Å²) in [6, 6.07) is 5.18. The van der Waals surface area contributed by atoms with Crippen molar-refractivity contribution in [2.75, 3.05) is 0 Å². The first-order valence-corrected chi connectivity index (χ1v) is 6.81. The molecule has 0 aliphatic carbocycles. The Morgan fingerprint density at radius 1 is 1.33 bits per heavy atom. The van der Waals surface area contributed by atoms with Crippen LogP contribution in [-0.2, 0) is 6.42 Å². The van der Waals surface area contributed by atoms with Gasteiger partial charge in [-0.3, -0.25) is 11.3 Å². The van der Waals surface area contributed by atoms with Crippen molar-refractivity contribution in [2.24, 2.45) is 11.8 Å². The molecule has 1 unspecified atom stereocenters. The number of hydrogen-bond donors (Lipinski definition) is 2. The average molecular weight is 273 g/mol. The summed E-state index contributed by atoms with van der Waals surface area (Å²) in [5, 5.41) is 0.172. The zero-order valence-electron chi connectivity index (χ0n) is 11.0. The Kier molecular flexibility index (Phi) is 6.61. The van der Waals surface area contributed by atoms with Crippen LogP contribution in [-0.4, -0.2) is 6.04 Å². The van der Waals surface area contributed by atoms with Crippen LogP contribution < -0.4 is 11.3 Å². The van der Waals surface area contributed by atoms with Gasteiger partial charge in [-0.2, -0.15) is 0 Å². The summed E-state index contributed by atoms with van der Waals surface area (Å²) in [7, 11) is 0. The molecule has 0 bridgehead atoms. The van der Waals surface area contributed by atoms with Crippen LogP contribution in [0.25, 0.3) is 0 Å². The van der Waals surface area contributed by atoms with E-state index in [1.807, 2.05) is 0 Å². The molecule has 0 amide bonds. The predicted octanol–water partition coefficient (Wildman–Crippen LogP) is 3.68. The second-order valence-electron chi connectivity index (χ2n) is 5.11. The standard InChI is InChI=1S/C14H22ClFN2/c1-10(2)5-3-7-12(18-17)9-11-6-4-8-13(15)14(11)16/h4,6,8,10,12,18H,3,5,7,9,17H2,1-2H3. The van der Waals surface area contributed by atoms with Crippen LogP contribution in [0.4, 0.5) is 4.39 Å². The third kappa shape index (κ3) is 4.92. The number of rotatable bonds is 7. The summed E-state index contributed by atoms with van der Waals surface area (Å²) in [4.78, 5) is 0. The average Bonchev–Trinajstić information content (AvgIpc) is 2.33. The molecule has 102 valence electrons. The summed E-state index contributed by atoms with van der Waals surface area (Å²) in [5.74, 6) is 5.88. The molecule has 1 aromatic carbocycles. The van der Waals surface area contributed by atoms with Gasteiger partial charge >= 0.3 is 0 Å². The van der Waals surface area contributed by atoms with Crippen molar-refractivity contribution in [3.63, 3.8) is 0 Å². The maximum atomic E-state index is 13.7. The van der Waals surface area contributed by atoms with Crippen LogP contribution in [0.3, 0.4) is 0 Å². The van der Waals surface area contributed by atoms with Gasteiger partial charge in [0.1, 0.15) is 5.82 Å². The van der Waals surface area contributed by atoms with Crippen LogP contribution in [0.5, 0.6) is 0 Å². The zero-order chi connectivity index (χ0) is 13.5. The molecule has 2 nitrogen and oxygen atoms in total. The monoisotopic (exact) mass is 272 g/mol. The molecule has 4 heteroatoms. The van der Waals surface area contributed by atoms with Gasteiger partial charge in [0.25, 0.3) is 0 Å². The van der Waals surface area contributed by atoms with E-state index < -0.39 is 0 Å². The summed E-state index contributed by atoms with van der Waals surface area (Å²) >= 11 is 5.76. The van der Waals surface area contributed by atoms with Crippen LogP contribution in [0.1, 0.15) is 38.7 Å². The Bertz CT molecular complexity index is 369. The Hall–Kier alpha value is -0.640. The van der Waals surface area contributed by atoms with E-state index in [9.17, 15) is 4.39 Å². The molecule has 0 fully saturated rings. The molecule has 0 aliphatic heterocycles. The lowest BCUT2D eigenvalue weighted by Crippen LogP contribution is -2.37. The minimum atomic E-state index is -0.330. The van der Waals surface area contributed by atoms with E-state index in [1.54, 1.807) is 18.2 Å². The molecule has 0 heterocycles. The molecule has 1 atom stereocenters. The van der Waals surface area contributed by atoms with Crippen LogP contribution in [0.15, 0.2) is 18.2 Å². The third-order valence-corrected chi connectivity index (χ3v) is 3.36. The molecule has 1 aromatic rings. The highest BCUT2D eigenvalue weighted by atomic mass is 35.5.